The molecule has 3 nitrogen and oxygen atoms in total. The first-order chi connectivity index (χ1) is 7.31. The summed E-state index contributed by atoms with van der Waals surface area (Å²) in [5.41, 5.74) is 1.56. The minimum Gasteiger partial charge on any atom is -0.381 e. The Morgan fingerprint density at radius 3 is 2.87 bits per heavy atom. The molecule has 0 atom stereocenters. The third-order valence-electron chi connectivity index (χ3n) is 2.67. The van der Waals surface area contributed by atoms with E-state index in [1.165, 1.54) is 0 Å². The lowest BCUT2D eigenvalue weighted by Gasteiger charge is -2.22. The van der Waals surface area contributed by atoms with Crippen molar-refractivity contribution in [2.45, 2.75) is 18.8 Å². The van der Waals surface area contributed by atoms with E-state index < -0.39 is 0 Å². The second-order valence-electron chi connectivity index (χ2n) is 3.61. The number of ether oxygens (including phenoxy) is 1. The maximum Gasteiger partial charge on any atom is 0.146 e. The predicted molar refractivity (Wildman–Crippen MR) is 56.8 cm³/mol. The molecule has 0 unspecified atom stereocenters. The number of pyridine rings is 1. The number of halogens is 1. The molecule has 15 heavy (non-hydrogen) atoms. The Hall–Kier alpha value is -1.11. The van der Waals surface area contributed by atoms with E-state index in [4.69, 9.17) is 21.6 Å². The molecule has 1 aliphatic heterocycles. The fourth-order valence-corrected chi connectivity index (χ4v) is 1.94. The van der Waals surface area contributed by atoms with Gasteiger partial charge >= 0.3 is 0 Å². The SMILES string of the molecule is N#Cc1cc(C2CCOCC2)cnc1Cl. The summed E-state index contributed by atoms with van der Waals surface area (Å²) in [6, 6.07) is 3.89. The van der Waals surface area contributed by atoms with Crippen molar-refractivity contribution in [1.82, 2.24) is 4.98 Å². The van der Waals surface area contributed by atoms with Crippen molar-refractivity contribution in [3.8, 4) is 6.07 Å². The van der Waals surface area contributed by atoms with Gasteiger partial charge in [-0.05, 0) is 30.4 Å². The molecule has 0 N–H and O–H groups in total. The summed E-state index contributed by atoms with van der Waals surface area (Å²) in [5, 5.41) is 9.13. The molecule has 0 saturated carbocycles. The van der Waals surface area contributed by atoms with Crippen molar-refractivity contribution in [1.29, 1.82) is 5.26 Å². The molecule has 1 aromatic rings. The van der Waals surface area contributed by atoms with Crippen molar-refractivity contribution in [2.24, 2.45) is 0 Å². The molecule has 1 saturated heterocycles. The van der Waals surface area contributed by atoms with Gasteiger partial charge in [0.15, 0.2) is 0 Å². The van der Waals surface area contributed by atoms with Gasteiger partial charge in [0.1, 0.15) is 11.2 Å². The van der Waals surface area contributed by atoms with Gasteiger partial charge < -0.3 is 4.74 Å². The summed E-state index contributed by atoms with van der Waals surface area (Å²) < 4.78 is 5.29. The van der Waals surface area contributed by atoms with Crippen LogP contribution in [0.1, 0.15) is 29.9 Å². The van der Waals surface area contributed by atoms with Gasteiger partial charge in [-0.3, -0.25) is 0 Å². The fraction of sp³-hybridized carbons (Fsp3) is 0.455. The van der Waals surface area contributed by atoms with Crippen LogP contribution in [0.15, 0.2) is 12.3 Å². The quantitative estimate of drug-likeness (QED) is 0.686. The molecular weight excluding hydrogens is 212 g/mol. The summed E-state index contributed by atoms with van der Waals surface area (Å²) in [6.45, 7) is 1.57. The maximum absolute atomic E-state index is 8.84. The van der Waals surface area contributed by atoms with Crippen LogP contribution in [0, 0.1) is 11.3 Å². The Morgan fingerprint density at radius 1 is 1.47 bits per heavy atom. The average molecular weight is 223 g/mol. The highest BCUT2D eigenvalue weighted by atomic mass is 35.5. The molecule has 1 aliphatic rings. The highest BCUT2D eigenvalue weighted by Crippen LogP contribution is 2.28. The molecule has 1 aromatic heterocycles. The van der Waals surface area contributed by atoms with E-state index in [0.717, 1.165) is 31.6 Å². The molecular formula is C11H11ClN2O. The van der Waals surface area contributed by atoms with Crippen molar-refractivity contribution in [2.75, 3.05) is 13.2 Å². The first kappa shape index (κ1) is 10.4. The van der Waals surface area contributed by atoms with Crippen LogP contribution >= 0.6 is 11.6 Å². The number of nitrogens with zero attached hydrogens (tertiary/aromatic N) is 2. The van der Waals surface area contributed by atoms with Crippen molar-refractivity contribution in [3.63, 3.8) is 0 Å². The Kier molecular flexibility index (Phi) is 3.20. The van der Waals surface area contributed by atoms with E-state index in [1.54, 1.807) is 6.20 Å². The molecule has 0 aromatic carbocycles. The third kappa shape index (κ3) is 2.28. The van der Waals surface area contributed by atoms with Gasteiger partial charge in [0.05, 0.1) is 5.56 Å². The van der Waals surface area contributed by atoms with Crippen LogP contribution in [0.2, 0.25) is 5.15 Å². The molecule has 78 valence electrons. The first-order valence-corrected chi connectivity index (χ1v) is 5.32. The maximum atomic E-state index is 8.84. The lowest BCUT2D eigenvalue weighted by Crippen LogP contribution is -2.14. The van der Waals surface area contributed by atoms with Gasteiger partial charge in [-0.25, -0.2) is 4.98 Å². The van der Waals surface area contributed by atoms with Crippen molar-refractivity contribution in [3.05, 3.63) is 28.5 Å². The molecule has 0 spiro atoms. The monoisotopic (exact) mass is 222 g/mol. The molecule has 1 fully saturated rings. The Morgan fingerprint density at radius 2 is 2.20 bits per heavy atom. The van der Waals surface area contributed by atoms with Crippen LogP contribution in [-0.4, -0.2) is 18.2 Å². The number of nitriles is 1. The highest BCUT2D eigenvalue weighted by Gasteiger charge is 2.17. The number of hydrogen-bond donors (Lipinski definition) is 0. The van der Waals surface area contributed by atoms with Gasteiger partial charge in [-0.1, -0.05) is 11.6 Å². The summed E-state index contributed by atoms with van der Waals surface area (Å²) in [4.78, 5) is 4.03. The minimum absolute atomic E-state index is 0.285. The van der Waals surface area contributed by atoms with Crippen LogP contribution in [0.4, 0.5) is 0 Å². The van der Waals surface area contributed by atoms with Crippen LogP contribution < -0.4 is 0 Å². The molecule has 0 radical (unpaired) electrons. The van der Waals surface area contributed by atoms with Gasteiger partial charge in [0.2, 0.25) is 0 Å². The topological polar surface area (TPSA) is 45.9 Å². The predicted octanol–water partition coefficient (Wildman–Crippen LogP) is 2.50. The van der Waals surface area contributed by atoms with Crippen LogP contribution in [0.5, 0.6) is 0 Å². The minimum atomic E-state index is 0.285. The molecule has 4 heteroatoms. The largest absolute Gasteiger partial charge is 0.381 e. The summed E-state index contributed by atoms with van der Waals surface area (Å²) >= 11 is 5.78. The second-order valence-corrected chi connectivity index (χ2v) is 3.96. The van der Waals surface area contributed by atoms with Gasteiger partial charge in [-0.2, -0.15) is 5.26 Å². The summed E-state index contributed by atoms with van der Waals surface area (Å²) in [6.07, 6.45) is 3.75. The Balaban J connectivity index is 2.25. The van der Waals surface area contributed by atoms with E-state index >= 15 is 0 Å². The Labute approximate surface area is 93.6 Å². The van der Waals surface area contributed by atoms with Gasteiger partial charge in [0, 0.05) is 19.4 Å². The fourth-order valence-electron chi connectivity index (χ4n) is 1.80. The summed E-state index contributed by atoms with van der Waals surface area (Å²) in [5.74, 6) is 0.454. The molecule has 0 bridgehead atoms. The van der Waals surface area contributed by atoms with E-state index in [1.807, 2.05) is 12.1 Å². The summed E-state index contributed by atoms with van der Waals surface area (Å²) in [7, 11) is 0. The van der Waals surface area contributed by atoms with Gasteiger partial charge in [-0.15, -0.1) is 0 Å². The van der Waals surface area contributed by atoms with E-state index in [-0.39, 0.29) is 5.15 Å². The second kappa shape index (κ2) is 4.61. The van der Waals surface area contributed by atoms with E-state index in [2.05, 4.69) is 4.98 Å². The van der Waals surface area contributed by atoms with Crippen LogP contribution in [-0.2, 0) is 4.74 Å². The zero-order valence-electron chi connectivity index (χ0n) is 8.24. The van der Waals surface area contributed by atoms with Crippen LogP contribution in [0.25, 0.3) is 0 Å². The normalized spacial score (nSPS) is 17.3. The smallest absolute Gasteiger partial charge is 0.146 e. The lowest BCUT2D eigenvalue weighted by atomic mass is 9.92. The highest BCUT2D eigenvalue weighted by molar-refractivity contribution is 6.30. The molecule has 2 heterocycles. The van der Waals surface area contributed by atoms with Crippen LogP contribution in [0.3, 0.4) is 0 Å². The number of rotatable bonds is 1. The zero-order chi connectivity index (χ0) is 10.7. The lowest BCUT2D eigenvalue weighted by molar-refractivity contribution is 0.0852. The third-order valence-corrected chi connectivity index (χ3v) is 2.97. The Bertz CT molecular complexity index is 394. The number of hydrogen-bond acceptors (Lipinski definition) is 3. The van der Waals surface area contributed by atoms with Gasteiger partial charge in [0.25, 0.3) is 0 Å². The van der Waals surface area contributed by atoms with E-state index in [9.17, 15) is 0 Å². The zero-order valence-corrected chi connectivity index (χ0v) is 9.00. The molecule has 0 aliphatic carbocycles. The molecule has 0 amide bonds. The molecule has 2 rings (SSSR count). The standard InChI is InChI=1S/C11H11ClN2O/c12-11-9(6-13)5-10(7-14-11)8-1-3-15-4-2-8/h5,7-8H,1-4H2. The van der Waals surface area contributed by atoms with Crippen molar-refractivity contribution >= 4 is 11.6 Å². The first-order valence-electron chi connectivity index (χ1n) is 4.94. The average Bonchev–Trinajstić information content (AvgIpc) is 2.31. The van der Waals surface area contributed by atoms with Crippen molar-refractivity contribution < 1.29 is 4.74 Å². The van der Waals surface area contributed by atoms with E-state index in [0.29, 0.717) is 11.5 Å². The number of aromatic nitrogens is 1.